The fourth-order valence-electron chi connectivity index (χ4n) is 3.38. The van der Waals surface area contributed by atoms with Gasteiger partial charge in [0.15, 0.2) is 11.5 Å². The van der Waals surface area contributed by atoms with Crippen molar-refractivity contribution in [2.24, 2.45) is 5.10 Å². The third kappa shape index (κ3) is 5.99. The molecule has 0 aliphatic heterocycles. The molecule has 0 saturated carbocycles. The molecule has 0 radical (unpaired) electrons. The van der Waals surface area contributed by atoms with E-state index in [9.17, 15) is 14.9 Å². The fraction of sp³-hybridized carbons (Fsp3) is 0.154. The number of non-ortho nitro benzene ring substituents is 1. The van der Waals surface area contributed by atoms with Crippen LogP contribution in [0.1, 0.15) is 33.3 Å². The zero-order valence-corrected chi connectivity index (χ0v) is 21.1. The van der Waals surface area contributed by atoms with E-state index >= 15 is 0 Å². The van der Waals surface area contributed by atoms with Crippen molar-refractivity contribution in [3.63, 3.8) is 0 Å². The predicted molar refractivity (Wildman–Crippen MR) is 142 cm³/mol. The Labute approximate surface area is 216 Å². The first-order chi connectivity index (χ1) is 17.3. The van der Waals surface area contributed by atoms with Crippen LogP contribution in [0.2, 0.25) is 5.02 Å². The molecule has 1 amide bonds. The van der Waals surface area contributed by atoms with Crippen LogP contribution >= 0.6 is 22.9 Å². The molecular formula is C26H22ClN3O5S. The van der Waals surface area contributed by atoms with Crippen molar-refractivity contribution in [2.75, 3.05) is 6.61 Å². The van der Waals surface area contributed by atoms with Crippen LogP contribution in [0.15, 0.2) is 65.8 Å². The predicted octanol–water partition coefficient (Wildman–Crippen LogP) is 6.51. The van der Waals surface area contributed by atoms with Crippen LogP contribution in [0.3, 0.4) is 0 Å². The lowest BCUT2D eigenvalue weighted by molar-refractivity contribution is -0.384. The summed E-state index contributed by atoms with van der Waals surface area (Å²) in [7, 11) is 0. The number of thiophene rings is 1. The van der Waals surface area contributed by atoms with Crippen molar-refractivity contribution in [2.45, 2.75) is 20.5 Å². The Morgan fingerprint density at radius 2 is 1.92 bits per heavy atom. The summed E-state index contributed by atoms with van der Waals surface area (Å²) in [4.78, 5) is 23.4. The van der Waals surface area contributed by atoms with Crippen molar-refractivity contribution in [3.8, 4) is 11.5 Å². The summed E-state index contributed by atoms with van der Waals surface area (Å²) in [5, 5.41) is 16.0. The first kappa shape index (κ1) is 25.2. The number of hydrazone groups is 1. The monoisotopic (exact) mass is 523 g/mol. The molecule has 10 heteroatoms. The van der Waals surface area contributed by atoms with Gasteiger partial charge in [-0.25, -0.2) is 5.43 Å². The maximum atomic E-state index is 12.5. The Bertz CT molecular complexity index is 1450. The number of nitro groups is 1. The number of aryl methyl sites for hydroxylation is 1. The Hall–Kier alpha value is -3.95. The molecule has 0 fully saturated rings. The molecule has 3 aromatic carbocycles. The molecule has 4 aromatic rings. The topological polar surface area (TPSA) is 103 Å². The highest BCUT2D eigenvalue weighted by molar-refractivity contribution is 7.20. The fourth-order valence-corrected chi connectivity index (χ4v) is 4.59. The molecule has 1 aromatic heterocycles. The van der Waals surface area contributed by atoms with Gasteiger partial charge in [-0.15, -0.1) is 11.3 Å². The second kappa shape index (κ2) is 11.2. The minimum atomic E-state index is -0.471. The number of hydrogen-bond acceptors (Lipinski definition) is 7. The van der Waals surface area contributed by atoms with Gasteiger partial charge in [0.2, 0.25) is 0 Å². The Kier molecular flexibility index (Phi) is 7.82. The maximum Gasteiger partial charge on any atom is 0.281 e. The molecule has 0 aliphatic rings. The number of halogens is 1. The smallest absolute Gasteiger partial charge is 0.281 e. The number of nitrogens with zero attached hydrogens (tertiary/aromatic N) is 2. The molecule has 0 aliphatic carbocycles. The van der Waals surface area contributed by atoms with E-state index in [0.29, 0.717) is 45.6 Å². The van der Waals surface area contributed by atoms with Crippen LogP contribution in [0, 0.1) is 17.0 Å². The quantitative estimate of drug-likeness (QED) is 0.153. The van der Waals surface area contributed by atoms with Crippen molar-refractivity contribution >= 4 is 50.8 Å². The number of hydrogen-bond donors (Lipinski definition) is 1. The van der Waals surface area contributed by atoms with E-state index in [1.165, 1.54) is 35.2 Å². The molecule has 0 saturated heterocycles. The van der Waals surface area contributed by atoms with E-state index < -0.39 is 10.8 Å². The molecule has 8 nitrogen and oxygen atoms in total. The molecule has 1 heterocycles. The van der Waals surface area contributed by atoms with E-state index in [1.807, 2.05) is 38.1 Å². The largest absolute Gasteiger partial charge is 0.490 e. The van der Waals surface area contributed by atoms with Gasteiger partial charge in [-0.1, -0.05) is 41.4 Å². The van der Waals surface area contributed by atoms with Crippen molar-refractivity contribution < 1.29 is 19.2 Å². The zero-order valence-electron chi connectivity index (χ0n) is 19.5. The molecule has 0 atom stereocenters. The lowest BCUT2D eigenvalue weighted by Crippen LogP contribution is -2.16. The highest BCUT2D eigenvalue weighted by atomic mass is 35.5. The minimum Gasteiger partial charge on any atom is -0.490 e. The standard InChI is InChI=1S/C26H22ClN3O5S/c1-3-34-22-11-18(10-21(27)25(22)35-15-17-6-4-16(2)5-7-17)14-28-29-26(31)24-13-19-12-20(30(32)33)8-9-23(19)36-24/h4-14H,3,15H2,1-2H3,(H,29,31)/b28-14-. The number of ether oxygens (including phenoxy) is 2. The number of nitrogens with one attached hydrogen (secondary N) is 1. The number of rotatable bonds is 9. The van der Waals surface area contributed by atoms with Gasteiger partial charge >= 0.3 is 0 Å². The van der Waals surface area contributed by atoms with Crippen LogP contribution < -0.4 is 14.9 Å². The second-order valence-electron chi connectivity index (χ2n) is 7.83. The van der Waals surface area contributed by atoms with Crippen molar-refractivity contribution in [1.29, 1.82) is 0 Å². The summed E-state index contributed by atoms with van der Waals surface area (Å²) in [5.41, 5.74) is 5.22. The summed E-state index contributed by atoms with van der Waals surface area (Å²) in [6.45, 7) is 4.63. The van der Waals surface area contributed by atoms with Gasteiger partial charge in [-0.05, 0) is 49.2 Å². The van der Waals surface area contributed by atoms with Gasteiger partial charge in [-0.3, -0.25) is 14.9 Å². The average Bonchev–Trinajstić information content (AvgIpc) is 3.28. The summed E-state index contributed by atoms with van der Waals surface area (Å²) in [5.74, 6) is 0.472. The van der Waals surface area contributed by atoms with Gasteiger partial charge < -0.3 is 9.47 Å². The molecule has 184 valence electrons. The molecule has 0 spiro atoms. The summed E-state index contributed by atoms with van der Waals surface area (Å²) in [6, 6.07) is 17.5. The first-order valence-electron chi connectivity index (χ1n) is 11.0. The summed E-state index contributed by atoms with van der Waals surface area (Å²) >= 11 is 7.70. The van der Waals surface area contributed by atoms with E-state index in [4.69, 9.17) is 21.1 Å². The number of carbonyl (C=O) groups is 1. The zero-order chi connectivity index (χ0) is 25.7. The summed E-state index contributed by atoms with van der Waals surface area (Å²) in [6.07, 6.45) is 1.45. The number of fused-ring (bicyclic) bond motifs is 1. The third-order valence-electron chi connectivity index (χ3n) is 5.15. The number of benzene rings is 3. The van der Waals surface area contributed by atoms with Crippen LogP contribution in [0.4, 0.5) is 5.69 Å². The molecule has 1 N–H and O–H groups in total. The van der Waals surface area contributed by atoms with Crippen molar-refractivity contribution in [1.82, 2.24) is 5.43 Å². The number of nitro benzene ring substituents is 1. The Balaban J connectivity index is 1.46. The molecule has 4 rings (SSSR count). The van der Waals surface area contributed by atoms with Gasteiger partial charge in [0.25, 0.3) is 11.6 Å². The van der Waals surface area contributed by atoms with E-state index in [-0.39, 0.29) is 5.69 Å². The Morgan fingerprint density at radius 3 is 2.64 bits per heavy atom. The maximum absolute atomic E-state index is 12.5. The van der Waals surface area contributed by atoms with Gasteiger partial charge in [0.1, 0.15) is 6.61 Å². The molecule has 0 unspecified atom stereocenters. The number of amides is 1. The van der Waals surface area contributed by atoms with Crippen LogP contribution in [0.5, 0.6) is 11.5 Å². The van der Waals surface area contributed by atoms with Crippen LogP contribution in [0.25, 0.3) is 10.1 Å². The number of carbonyl (C=O) groups excluding carboxylic acids is 1. The Morgan fingerprint density at radius 1 is 1.14 bits per heavy atom. The SMILES string of the molecule is CCOc1cc(/C=N\NC(=O)c2cc3cc([N+](=O)[O-])ccc3s2)cc(Cl)c1OCc1ccc(C)cc1. The minimum absolute atomic E-state index is 0.0291. The highest BCUT2D eigenvalue weighted by Gasteiger charge is 2.14. The molecule has 0 bridgehead atoms. The highest BCUT2D eigenvalue weighted by Crippen LogP contribution is 2.37. The molecular weight excluding hydrogens is 502 g/mol. The third-order valence-corrected chi connectivity index (χ3v) is 6.55. The second-order valence-corrected chi connectivity index (χ2v) is 9.32. The molecule has 36 heavy (non-hydrogen) atoms. The lowest BCUT2D eigenvalue weighted by atomic mass is 10.1. The van der Waals surface area contributed by atoms with Gasteiger partial charge in [0, 0.05) is 22.2 Å². The lowest BCUT2D eigenvalue weighted by Gasteiger charge is -2.14. The van der Waals surface area contributed by atoms with E-state index in [2.05, 4.69) is 10.5 Å². The van der Waals surface area contributed by atoms with Crippen molar-refractivity contribution in [3.05, 3.63) is 97.4 Å². The van der Waals surface area contributed by atoms with Crippen LogP contribution in [-0.4, -0.2) is 23.7 Å². The average molecular weight is 524 g/mol. The van der Waals surface area contributed by atoms with E-state index in [0.717, 1.165) is 10.3 Å². The normalized spacial score (nSPS) is 11.1. The van der Waals surface area contributed by atoms with E-state index in [1.54, 1.807) is 24.3 Å². The van der Waals surface area contributed by atoms with Gasteiger partial charge in [-0.2, -0.15) is 5.10 Å². The first-order valence-corrected chi connectivity index (χ1v) is 12.2. The van der Waals surface area contributed by atoms with Gasteiger partial charge in [0.05, 0.1) is 27.6 Å². The summed E-state index contributed by atoms with van der Waals surface area (Å²) < 4.78 is 12.4. The van der Waals surface area contributed by atoms with Crippen LogP contribution in [-0.2, 0) is 6.61 Å².